The van der Waals surface area contributed by atoms with Crippen molar-refractivity contribution >= 4 is 11.9 Å². The number of nitrogens with one attached hydrogen (secondary N) is 1. The van der Waals surface area contributed by atoms with Crippen LogP contribution in [0.5, 0.6) is 5.75 Å². The van der Waals surface area contributed by atoms with Crippen LogP contribution < -0.4 is 10.1 Å². The molecule has 20 heavy (non-hydrogen) atoms. The molecule has 0 bridgehead atoms. The summed E-state index contributed by atoms with van der Waals surface area (Å²) in [6.45, 7) is 5.90. The lowest BCUT2D eigenvalue weighted by molar-refractivity contribution is 0.0520. The van der Waals surface area contributed by atoms with Crippen LogP contribution in [0.2, 0.25) is 0 Å². The second-order valence-electron chi connectivity index (χ2n) is 5.70. The fourth-order valence-electron chi connectivity index (χ4n) is 1.93. The van der Waals surface area contributed by atoms with Gasteiger partial charge in [-0.05, 0) is 44.5 Å². The third-order valence-electron chi connectivity index (χ3n) is 2.80. The molecule has 5 heteroatoms. The summed E-state index contributed by atoms with van der Waals surface area (Å²) >= 11 is 0. The molecule has 0 aliphatic carbocycles. The lowest BCUT2D eigenvalue weighted by Gasteiger charge is -2.19. The molecule has 0 saturated heterocycles. The predicted molar refractivity (Wildman–Crippen MR) is 74.2 cm³/mol. The van der Waals surface area contributed by atoms with E-state index in [1.807, 2.05) is 6.07 Å². The van der Waals surface area contributed by atoms with Crippen LogP contribution in [-0.2, 0) is 11.2 Å². The minimum atomic E-state index is -0.588. The SMILES string of the molecule is CC(C)(C)OC(=O)NCC(=O)c1ccc2c(c1)CCO2. The van der Waals surface area contributed by atoms with Crippen molar-refractivity contribution in [2.24, 2.45) is 0 Å². The second kappa shape index (κ2) is 5.53. The van der Waals surface area contributed by atoms with E-state index in [9.17, 15) is 9.59 Å². The van der Waals surface area contributed by atoms with Crippen LogP contribution in [0.15, 0.2) is 18.2 Å². The van der Waals surface area contributed by atoms with Gasteiger partial charge in [-0.3, -0.25) is 4.79 Å². The number of fused-ring (bicyclic) bond motifs is 1. The van der Waals surface area contributed by atoms with Crippen molar-refractivity contribution in [1.29, 1.82) is 0 Å². The van der Waals surface area contributed by atoms with Crippen LogP contribution in [-0.4, -0.2) is 30.6 Å². The molecule has 2 rings (SSSR count). The molecule has 1 heterocycles. The molecule has 1 N–H and O–H groups in total. The maximum atomic E-state index is 12.0. The zero-order valence-electron chi connectivity index (χ0n) is 12.0. The molecule has 1 aliphatic heterocycles. The highest BCUT2D eigenvalue weighted by Gasteiger charge is 2.18. The van der Waals surface area contributed by atoms with Gasteiger partial charge >= 0.3 is 6.09 Å². The molecule has 0 fully saturated rings. The van der Waals surface area contributed by atoms with Gasteiger partial charge in [-0.2, -0.15) is 0 Å². The third kappa shape index (κ3) is 3.73. The molecule has 5 nitrogen and oxygen atoms in total. The quantitative estimate of drug-likeness (QED) is 0.861. The van der Waals surface area contributed by atoms with Crippen LogP contribution >= 0.6 is 0 Å². The minimum absolute atomic E-state index is 0.0748. The van der Waals surface area contributed by atoms with Gasteiger partial charge in [0.25, 0.3) is 0 Å². The lowest BCUT2D eigenvalue weighted by atomic mass is 10.1. The minimum Gasteiger partial charge on any atom is -0.493 e. The summed E-state index contributed by atoms with van der Waals surface area (Å²) in [5.41, 5.74) is 1.04. The number of amides is 1. The van der Waals surface area contributed by atoms with Gasteiger partial charge in [0.2, 0.25) is 0 Å². The van der Waals surface area contributed by atoms with E-state index in [2.05, 4.69) is 5.32 Å². The average Bonchev–Trinajstić information content (AvgIpc) is 2.80. The predicted octanol–water partition coefficient (Wildman–Crippen LogP) is 2.33. The molecule has 0 unspecified atom stereocenters. The Hall–Kier alpha value is -2.04. The number of alkyl carbamates (subject to hydrolysis) is 1. The zero-order valence-corrected chi connectivity index (χ0v) is 12.0. The Bertz CT molecular complexity index is 531. The van der Waals surface area contributed by atoms with Gasteiger partial charge < -0.3 is 14.8 Å². The largest absolute Gasteiger partial charge is 0.493 e. The Kier molecular flexibility index (Phi) is 3.97. The number of ketones is 1. The van der Waals surface area contributed by atoms with E-state index in [4.69, 9.17) is 9.47 Å². The summed E-state index contributed by atoms with van der Waals surface area (Å²) in [6.07, 6.45) is 0.228. The van der Waals surface area contributed by atoms with Gasteiger partial charge in [0, 0.05) is 12.0 Å². The summed E-state index contributed by atoms with van der Waals surface area (Å²) in [5.74, 6) is 0.687. The van der Waals surface area contributed by atoms with Crippen molar-refractivity contribution < 1.29 is 19.1 Å². The van der Waals surface area contributed by atoms with Crippen molar-refractivity contribution in [2.75, 3.05) is 13.2 Å². The monoisotopic (exact) mass is 277 g/mol. The number of carbonyl (C=O) groups excluding carboxylic acids is 2. The van der Waals surface area contributed by atoms with Crippen molar-refractivity contribution in [3.8, 4) is 5.75 Å². The van der Waals surface area contributed by atoms with E-state index >= 15 is 0 Å². The van der Waals surface area contributed by atoms with Gasteiger partial charge in [0.15, 0.2) is 5.78 Å². The Morgan fingerprint density at radius 2 is 2.10 bits per heavy atom. The molecule has 0 radical (unpaired) electrons. The van der Waals surface area contributed by atoms with Crippen LogP contribution in [0, 0.1) is 0 Å². The molecule has 0 atom stereocenters. The normalized spacial score (nSPS) is 13.3. The number of rotatable bonds is 3. The summed E-state index contributed by atoms with van der Waals surface area (Å²) in [5, 5.41) is 2.46. The van der Waals surface area contributed by atoms with Gasteiger partial charge in [0.05, 0.1) is 13.2 Å². The van der Waals surface area contributed by atoms with Crippen molar-refractivity contribution in [3.63, 3.8) is 0 Å². The smallest absolute Gasteiger partial charge is 0.408 e. The number of benzene rings is 1. The topological polar surface area (TPSA) is 64.6 Å². The highest BCUT2D eigenvalue weighted by atomic mass is 16.6. The Morgan fingerprint density at radius 3 is 2.80 bits per heavy atom. The van der Waals surface area contributed by atoms with Crippen molar-refractivity contribution in [2.45, 2.75) is 32.8 Å². The number of ether oxygens (including phenoxy) is 2. The van der Waals surface area contributed by atoms with E-state index < -0.39 is 11.7 Å². The molecule has 108 valence electrons. The van der Waals surface area contributed by atoms with Crippen LogP contribution in [0.1, 0.15) is 36.7 Å². The molecular formula is C15H19NO4. The van der Waals surface area contributed by atoms with Crippen molar-refractivity contribution in [3.05, 3.63) is 29.3 Å². The number of hydrogen-bond acceptors (Lipinski definition) is 4. The van der Waals surface area contributed by atoms with Crippen molar-refractivity contribution in [1.82, 2.24) is 5.32 Å². The fourth-order valence-corrected chi connectivity index (χ4v) is 1.93. The number of hydrogen-bond donors (Lipinski definition) is 1. The third-order valence-corrected chi connectivity index (χ3v) is 2.80. The summed E-state index contributed by atoms with van der Waals surface area (Å²) in [6, 6.07) is 5.33. The lowest BCUT2D eigenvalue weighted by Crippen LogP contribution is -2.35. The molecular weight excluding hydrogens is 258 g/mol. The van der Waals surface area contributed by atoms with E-state index in [-0.39, 0.29) is 12.3 Å². The zero-order chi connectivity index (χ0) is 14.8. The highest BCUT2D eigenvalue weighted by molar-refractivity contribution is 5.99. The molecule has 0 spiro atoms. The maximum Gasteiger partial charge on any atom is 0.408 e. The second-order valence-corrected chi connectivity index (χ2v) is 5.70. The fraction of sp³-hybridized carbons (Fsp3) is 0.467. The standard InChI is InChI=1S/C15H19NO4/c1-15(2,3)20-14(18)16-9-12(17)10-4-5-13-11(8-10)6-7-19-13/h4-5,8H,6-7,9H2,1-3H3,(H,16,18). The average molecular weight is 277 g/mol. The molecule has 1 amide bonds. The van der Waals surface area contributed by atoms with Crippen LogP contribution in [0.25, 0.3) is 0 Å². The Labute approximate surface area is 118 Å². The first-order valence-electron chi connectivity index (χ1n) is 6.61. The Balaban J connectivity index is 1.91. The van der Waals surface area contributed by atoms with Gasteiger partial charge in [-0.1, -0.05) is 0 Å². The van der Waals surface area contributed by atoms with Crippen LogP contribution in [0.3, 0.4) is 0 Å². The summed E-state index contributed by atoms with van der Waals surface area (Å²) in [7, 11) is 0. The molecule has 1 aromatic carbocycles. The van der Waals surface area contributed by atoms with Gasteiger partial charge in [-0.15, -0.1) is 0 Å². The summed E-state index contributed by atoms with van der Waals surface area (Å²) in [4.78, 5) is 23.5. The Morgan fingerprint density at radius 1 is 1.35 bits per heavy atom. The van der Waals surface area contributed by atoms with E-state index in [1.54, 1.807) is 32.9 Å². The number of carbonyl (C=O) groups is 2. The van der Waals surface area contributed by atoms with Gasteiger partial charge in [0.1, 0.15) is 11.4 Å². The molecule has 1 aliphatic rings. The highest BCUT2D eigenvalue weighted by Crippen LogP contribution is 2.25. The first-order valence-corrected chi connectivity index (χ1v) is 6.61. The van der Waals surface area contributed by atoms with Crippen LogP contribution in [0.4, 0.5) is 4.79 Å². The maximum absolute atomic E-state index is 12.0. The molecule has 1 aromatic rings. The first-order chi connectivity index (χ1) is 9.35. The molecule has 0 saturated carbocycles. The number of Topliss-reactive ketones (excluding diaryl/α,β-unsaturated/α-hetero) is 1. The molecule has 0 aromatic heterocycles. The van der Waals surface area contributed by atoms with E-state index in [0.29, 0.717) is 12.2 Å². The van der Waals surface area contributed by atoms with E-state index in [0.717, 1.165) is 17.7 Å². The summed E-state index contributed by atoms with van der Waals surface area (Å²) < 4.78 is 10.5. The first kappa shape index (κ1) is 14.4. The van der Waals surface area contributed by atoms with E-state index in [1.165, 1.54) is 0 Å². The van der Waals surface area contributed by atoms with Gasteiger partial charge in [-0.25, -0.2) is 4.79 Å².